The second-order valence-corrected chi connectivity index (χ2v) is 11.4. The van der Waals surface area contributed by atoms with Gasteiger partial charge in [-0.15, -0.1) is 10.2 Å². The van der Waals surface area contributed by atoms with Crippen molar-refractivity contribution in [3.63, 3.8) is 0 Å². The summed E-state index contributed by atoms with van der Waals surface area (Å²) in [6.07, 6.45) is 0. The van der Waals surface area contributed by atoms with E-state index in [4.69, 9.17) is 9.05 Å². The van der Waals surface area contributed by atoms with Crippen molar-refractivity contribution in [2.45, 2.75) is 72.6 Å². The van der Waals surface area contributed by atoms with E-state index in [1.807, 2.05) is 41.5 Å². The van der Waals surface area contributed by atoms with Crippen LogP contribution in [0, 0.1) is 0 Å². The molecule has 3 aromatic rings. The van der Waals surface area contributed by atoms with Crippen LogP contribution in [0.1, 0.15) is 65.0 Å². The monoisotopic (exact) mass is 426 g/mol. The van der Waals surface area contributed by atoms with Crippen LogP contribution in [-0.4, -0.2) is 30.5 Å². The van der Waals surface area contributed by atoms with Crippen molar-refractivity contribution in [2.75, 3.05) is 0 Å². The zero-order chi connectivity index (χ0) is 19.7. The first-order chi connectivity index (χ1) is 12.6. The minimum absolute atomic E-state index is 0.148. The summed E-state index contributed by atoms with van der Waals surface area (Å²) in [5, 5.41) is 16.4. The van der Waals surface area contributed by atoms with Gasteiger partial charge in [-0.2, -0.15) is 9.97 Å². The molecule has 3 rings (SSSR count). The predicted octanol–water partition coefficient (Wildman–Crippen LogP) is 4.48. The molecule has 0 unspecified atom stereocenters. The molecule has 0 bridgehead atoms. The summed E-state index contributed by atoms with van der Waals surface area (Å²) in [5.41, 5.74) is -0.297. The number of hydrogen-bond acceptors (Lipinski definition) is 11. The van der Waals surface area contributed by atoms with E-state index in [0.29, 0.717) is 34.9 Å². The highest BCUT2D eigenvalue weighted by Crippen LogP contribution is 2.32. The Morgan fingerprint density at radius 3 is 1.48 bits per heavy atom. The Labute approximate surface area is 170 Å². The van der Waals surface area contributed by atoms with Crippen LogP contribution in [0.4, 0.5) is 0 Å². The maximum atomic E-state index is 5.30. The van der Waals surface area contributed by atoms with Crippen molar-refractivity contribution in [1.29, 1.82) is 0 Å². The molecule has 0 amide bonds. The second kappa shape index (κ2) is 7.88. The Morgan fingerprint density at radius 2 is 1.15 bits per heavy atom. The Kier molecular flexibility index (Phi) is 5.92. The molecule has 11 heteroatoms. The molecule has 0 fully saturated rings. The molecule has 0 N–H and O–H groups in total. The van der Waals surface area contributed by atoms with Crippen molar-refractivity contribution >= 4 is 34.9 Å². The molecule has 0 radical (unpaired) electrons. The molecule has 0 spiro atoms. The van der Waals surface area contributed by atoms with Crippen LogP contribution in [0.5, 0.6) is 0 Å². The molecular formula is C16H22N6O2S3. The topological polar surface area (TPSA) is 104 Å². The van der Waals surface area contributed by atoms with Gasteiger partial charge in [-0.25, -0.2) is 0 Å². The zero-order valence-electron chi connectivity index (χ0n) is 16.1. The molecular weight excluding hydrogens is 404 g/mol. The SMILES string of the molecule is CC(C)(C)c1nc(CSc2nnc(SCc3noc(C(C)(C)C)n3)s2)no1. The van der Waals surface area contributed by atoms with Crippen molar-refractivity contribution in [3.8, 4) is 0 Å². The molecule has 0 aromatic carbocycles. The maximum Gasteiger partial charge on any atom is 0.232 e. The molecule has 0 aliphatic carbocycles. The molecule has 0 atom stereocenters. The van der Waals surface area contributed by atoms with Crippen LogP contribution in [0.2, 0.25) is 0 Å². The number of thioether (sulfide) groups is 2. The van der Waals surface area contributed by atoms with E-state index in [9.17, 15) is 0 Å². The summed E-state index contributed by atoms with van der Waals surface area (Å²) in [6.45, 7) is 12.2. The van der Waals surface area contributed by atoms with Crippen molar-refractivity contribution < 1.29 is 9.05 Å². The van der Waals surface area contributed by atoms with E-state index in [-0.39, 0.29) is 10.8 Å². The fourth-order valence-corrected chi connectivity index (χ4v) is 4.51. The van der Waals surface area contributed by atoms with E-state index in [2.05, 4.69) is 30.5 Å². The van der Waals surface area contributed by atoms with E-state index in [1.165, 1.54) is 11.3 Å². The van der Waals surface area contributed by atoms with E-state index >= 15 is 0 Å². The number of aromatic nitrogens is 6. The van der Waals surface area contributed by atoms with Gasteiger partial charge in [0.05, 0.1) is 11.5 Å². The van der Waals surface area contributed by atoms with E-state index in [0.717, 1.165) is 8.68 Å². The molecule has 0 aliphatic rings. The summed E-state index contributed by atoms with van der Waals surface area (Å²) >= 11 is 4.62. The fraction of sp³-hybridized carbons (Fsp3) is 0.625. The van der Waals surface area contributed by atoms with Crippen LogP contribution in [-0.2, 0) is 22.3 Å². The quantitative estimate of drug-likeness (QED) is 0.524. The summed E-state index contributed by atoms with van der Waals surface area (Å²) in [6, 6.07) is 0. The number of hydrogen-bond donors (Lipinski definition) is 0. The van der Waals surface area contributed by atoms with Gasteiger partial charge in [0.15, 0.2) is 20.3 Å². The maximum absolute atomic E-state index is 5.30. The molecule has 3 heterocycles. The van der Waals surface area contributed by atoms with Gasteiger partial charge in [0, 0.05) is 10.8 Å². The summed E-state index contributed by atoms with van der Waals surface area (Å²) in [5.74, 6) is 3.80. The van der Waals surface area contributed by atoms with Crippen LogP contribution in [0.15, 0.2) is 17.7 Å². The van der Waals surface area contributed by atoms with E-state index < -0.39 is 0 Å². The highest BCUT2D eigenvalue weighted by molar-refractivity contribution is 8.02. The summed E-state index contributed by atoms with van der Waals surface area (Å²) in [4.78, 5) is 8.85. The van der Waals surface area contributed by atoms with Crippen LogP contribution >= 0.6 is 34.9 Å². The minimum Gasteiger partial charge on any atom is -0.339 e. The van der Waals surface area contributed by atoms with Gasteiger partial charge in [-0.1, -0.05) is 86.7 Å². The first-order valence-electron chi connectivity index (χ1n) is 8.36. The largest absolute Gasteiger partial charge is 0.339 e. The van der Waals surface area contributed by atoms with Crippen molar-refractivity contribution in [3.05, 3.63) is 23.4 Å². The lowest BCUT2D eigenvalue weighted by Gasteiger charge is -2.10. The van der Waals surface area contributed by atoms with Gasteiger partial charge in [0.25, 0.3) is 0 Å². The van der Waals surface area contributed by atoms with Gasteiger partial charge < -0.3 is 9.05 Å². The van der Waals surface area contributed by atoms with Gasteiger partial charge >= 0.3 is 0 Å². The predicted molar refractivity (Wildman–Crippen MR) is 105 cm³/mol. The number of nitrogens with zero attached hydrogens (tertiary/aromatic N) is 6. The van der Waals surface area contributed by atoms with E-state index in [1.54, 1.807) is 23.5 Å². The Morgan fingerprint density at radius 1 is 0.741 bits per heavy atom. The zero-order valence-corrected chi connectivity index (χ0v) is 18.6. The first kappa shape index (κ1) is 20.3. The number of rotatable bonds is 6. The highest BCUT2D eigenvalue weighted by Gasteiger charge is 2.23. The molecule has 146 valence electrons. The molecule has 3 aromatic heterocycles. The van der Waals surface area contributed by atoms with Gasteiger partial charge in [-0.05, 0) is 0 Å². The molecule has 8 nitrogen and oxygen atoms in total. The lowest BCUT2D eigenvalue weighted by molar-refractivity contribution is 0.319. The smallest absolute Gasteiger partial charge is 0.232 e. The summed E-state index contributed by atoms with van der Waals surface area (Å²) in [7, 11) is 0. The third-order valence-corrected chi connectivity index (χ3v) is 6.44. The fourth-order valence-electron chi connectivity index (χ4n) is 1.80. The molecule has 0 saturated heterocycles. The average molecular weight is 427 g/mol. The van der Waals surface area contributed by atoms with Crippen LogP contribution in [0.3, 0.4) is 0 Å². The average Bonchev–Trinajstić information content (AvgIpc) is 3.29. The molecule has 0 aliphatic heterocycles. The normalized spacial score (nSPS) is 12.7. The van der Waals surface area contributed by atoms with Crippen molar-refractivity contribution in [1.82, 2.24) is 30.5 Å². The van der Waals surface area contributed by atoms with Gasteiger partial charge in [0.1, 0.15) is 0 Å². The second-order valence-electron chi connectivity index (χ2n) is 7.94. The van der Waals surface area contributed by atoms with Crippen molar-refractivity contribution in [2.24, 2.45) is 0 Å². The first-order valence-corrected chi connectivity index (χ1v) is 11.2. The molecule has 27 heavy (non-hydrogen) atoms. The summed E-state index contributed by atoms with van der Waals surface area (Å²) < 4.78 is 12.3. The highest BCUT2D eigenvalue weighted by atomic mass is 32.2. The third-order valence-electron chi connectivity index (χ3n) is 3.26. The van der Waals surface area contributed by atoms with Gasteiger partial charge in [0.2, 0.25) is 11.8 Å². The lowest BCUT2D eigenvalue weighted by Crippen LogP contribution is -2.11. The van der Waals surface area contributed by atoms with Crippen LogP contribution in [0.25, 0.3) is 0 Å². The third kappa shape index (κ3) is 5.52. The van der Waals surface area contributed by atoms with Gasteiger partial charge in [-0.3, -0.25) is 0 Å². The molecule has 0 saturated carbocycles. The standard InChI is InChI=1S/C16H22N6O2S3/c1-15(2,3)11-17-9(21-23-11)7-25-13-19-20-14(27-13)26-8-10-18-12(24-22-10)16(4,5)6/h7-8H2,1-6H3. The Bertz CT molecular complexity index is 820. The lowest BCUT2D eigenvalue weighted by atomic mass is 9.97. The van der Waals surface area contributed by atoms with Crippen LogP contribution < -0.4 is 0 Å². The Hall–Kier alpha value is -1.46. The Balaban J connectivity index is 1.51. The minimum atomic E-state index is -0.148.